The fourth-order valence-electron chi connectivity index (χ4n) is 3.31. The topological polar surface area (TPSA) is 64.7 Å². The fourth-order valence-corrected chi connectivity index (χ4v) is 3.31. The Labute approximate surface area is 165 Å². The molecule has 1 atom stereocenters. The van der Waals surface area contributed by atoms with Crippen LogP contribution in [0.15, 0.2) is 61.1 Å². The molecular formula is C21H19F2N5O. The summed E-state index contributed by atoms with van der Waals surface area (Å²) in [6.45, 7) is 3.75. The molecule has 4 rings (SSSR count). The van der Waals surface area contributed by atoms with Gasteiger partial charge in [0.15, 0.2) is 17.5 Å². The molecule has 0 aliphatic carbocycles. The first-order valence-electron chi connectivity index (χ1n) is 9.17. The van der Waals surface area contributed by atoms with E-state index < -0.39 is 17.7 Å². The van der Waals surface area contributed by atoms with E-state index in [4.69, 9.17) is 0 Å². The molecule has 0 radical (unpaired) electrons. The molecule has 0 saturated carbocycles. The van der Waals surface area contributed by atoms with Gasteiger partial charge in [-0.1, -0.05) is 32.0 Å². The van der Waals surface area contributed by atoms with E-state index in [0.29, 0.717) is 11.3 Å². The smallest absolute Gasteiger partial charge is 0.248 e. The second kappa shape index (κ2) is 7.46. The molecule has 2 aromatic heterocycles. The standard InChI is InChI=1S/C21H19F2N5O/c1-13(2)20(27-12-24-17-10-15(22)16(23)11-18(17)27)21(29)25-19-8-9-28(26-19)14-6-4-3-5-7-14/h3-13,20H,1-2H3,(H,25,26,29). The van der Waals surface area contributed by atoms with Gasteiger partial charge in [0.1, 0.15) is 6.04 Å². The maximum Gasteiger partial charge on any atom is 0.248 e. The maximum atomic E-state index is 13.8. The molecule has 29 heavy (non-hydrogen) atoms. The molecule has 148 valence electrons. The molecule has 8 heteroatoms. The highest BCUT2D eigenvalue weighted by molar-refractivity contribution is 5.94. The summed E-state index contributed by atoms with van der Waals surface area (Å²) >= 11 is 0. The minimum absolute atomic E-state index is 0.128. The van der Waals surface area contributed by atoms with Crippen molar-refractivity contribution in [3.05, 3.63) is 72.7 Å². The number of benzene rings is 2. The summed E-state index contributed by atoms with van der Waals surface area (Å²) in [5.41, 5.74) is 1.51. The lowest BCUT2D eigenvalue weighted by atomic mass is 10.0. The maximum absolute atomic E-state index is 13.8. The molecule has 4 aromatic rings. The van der Waals surface area contributed by atoms with Crippen LogP contribution in [-0.4, -0.2) is 25.2 Å². The zero-order chi connectivity index (χ0) is 20.5. The van der Waals surface area contributed by atoms with Crippen LogP contribution in [0.25, 0.3) is 16.7 Å². The van der Waals surface area contributed by atoms with Gasteiger partial charge in [0.25, 0.3) is 0 Å². The number of carbonyl (C=O) groups is 1. The Hall–Kier alpha value is -3.55. The number of rotatable bonds is 5. The van der Waals surface area contributed by atoms with E-state index >= 15 is 0 Å². The fraction of sp³-hybridized carbons (Fsp3) is 0.190. The van der Waals surface area contributed by atoms with Gasteiger partial charge in [-0.05, 0) is 18.1 Å². The van der Waals surface area contributed by atoms with Crippen LogP contribution < -0.4 is 5.32 Å². The zero-order valence-corrected chi connectivity index (χ0v) is 15.9. The molecule has 0 aliphatic heterocycles. The second-order valence-corrected chi connectivity index (χ2v) is 7.07. The molecule has 1 amide bonds. The van der Waals surface area contributed by atoms with E-state index in [9.17, 15) is 13.6 Å². The van der Waals surface area contributed by atoms with Gasteiger partial charge in [-0.2, -0.15) is 5.10 Å². The molecule has 1 N–H and O–H groups in total. The Kier molecular flexibility index (Phi) is 4.84. The Morgan fingerprint density at radius 2 is 1.79 bits per heavy atom. The third kappa shape index (κ3) is 3.61. The van der Waals surface area contributed by atoms with Crippen LogP contribution in [0, 0.1) is 17.6 Å². The van der Waals surface area contributed by atoms with Crippen molar-refractivity contribution >= 4 is 22.8 Å². The Morgan fingerprint density at radius 3 is 2.52 bits per heavy atom. The number of nitrogens with zero attached hydrogens (tertiary/aromatic N) is 4. The number of para-hydroxylation sites is 1. The van der Waals surface area contributed by atoms with Crippen molar-refractivity contribution in [2.45, 2.75) is 19.9 Å². The summed E-state index contributed by atoms with van der Waals surface area (Å²) in [5, 5.41) is 7.19. The summed E-state index contributed by atoms with van der Waals surface area (Å²) in [6.07, 6.45) is 3.18. The number of aromatic nitrogens is 4. The summed E-state index contributed by atoms with van der Waals surface area (Å²) < 4.78 is 30.5. The molecular weight excluding hydrogens is 376 g/mol. The summed E-state index contributed by atoms with van der Waals surface area (Å²) in [6, 6.07) is 12.6. The van der Waals surface area contributed by atoms with Crippen LogP contribution in [-0.2, 0) is 4.79 Å². The molecule has 0 spiro atoms. The van der Waals surface area contributed by atoms with Gasteiger partial charge < -0.3 is 9.88 Å². The number of nitrogens with one attached hydrogen (secondary N) is 1. The number of hydrogen-bond donors (Lipinski definition) is 1. The Balaban J connectivity index is 1.62. The largest absolute Gasteiger partial charge is 0.318 e. The average Bonchev–Trinajstić information content (AvgIpc) is 3.31. The first kappa shape index (κ1) is 18.8. The summed E-state index contributed by atoms with van der Waals surface area (Å²) in [4.78, 5) is 17.1. The lowest BCUT2D eigenvalue weighted by Crippen LogP contribution is -2.29. The van der Waals surface area contributed by atoms with Gasteiger partial charge in [0.05, 0.1) is 23.0 Å². The minimum Gasteiger partial charge on any atom is -0.318 e. The molecule has 0 bridgehead atoms. The monoisotopic (exact) mass is 395 g/mol. The van der Waals surface area contributed by atoms with Gasteiger partial charge in [-0.25, -0.2) is 18.4 Å². The Morgan fingerprint density at radius 1 is 1.07 bits per heavy atom. The average molecular weight is 395 g/mol. The number of anilines is 1. The second-order valence-electron chi connectivity index (χ2n) is 7.07. The van der Waals surface area contributed by atoms with Crippen molar-refractivity contribution in [2.75, 3.05) is 5.32 Å². The highest BCUT2D eigenvalue weighted by atomic mass is 19.2. The van der Waals surface area contributed by atoms with Gasteiger partial charge in [0, 0.05) is 24.4 Å². The van der Waals surface area contributed by atoms with Crippen molar-refractivity contribution in [3.8, 4) is 5.69 Å². The lowest BCUT2D eigenvalue weighted by Gasteiger charge is -2.22. The third-order valence-corrected chi connectivity index (χ3v) is 4.68. The Bertz CT molecular complexity index is 1170. The quantitative estimate of drug-likeness (QED) is 0.547. The van der Waals surface area contributed by atoms with E-state index in [-0.39, 0.29) is 17.3 Å². The van der Waals surface area contributed by atoms with Crippen molar-refractivity contribution in [1.82, 2.24) is 19.3 Å². The van der Waals surface area contributed by atoms with Crippen LogP contribution in [0.3, 0.4) is 0 Å². The van der Waals surface area contributed by atoms with Crippen LogP contribution >= 0.6 is 0 Å². The predicted molar refractivity (Wildman–Crippen MR) is 106 cm³/mol. The molecule has 0 aliphatic rings. The van der Waals surface area contributed by atoms with E-state index in [1.807, 2.05) is 44.2 Å². The molecule has 0 fully saturated rings. The molecule has 6 nitrogen and oxygen atoms in total. The van der Waals surface area contributed by atoms with E-state index in [2.05, 4.69) is 15.4 Å². The number of amides is 1. The van der Waals surface area contributed by atoms with Crippen molar-refractivity contribution in [3.63, 3.8) is 0 Å². The lowest BCUT2D eigenvalue weighted by molar-refractivity contribution is -0.120. The zero-order valence-electron chi connectivity index (χ0n) is 15.9. The van der Waals surface area contributed by atoms with Crippen molar-refractivity contribution < 1.29 is 13.6 Å². The van der Waals surface area contributed by atoms with E-state index in [1.165, 1.54) is 6.33 Å². The first-order valence-corrected chi connectivity index (χ1v) is 9.17. The highest BCUT2D eigenvalue weighted by Gasteiger charge is 2.27. The SMILES string of the molecule is CC(C)C(C(=O)Nc1ccn(-c2ccccc2)n1)n1cnc2cc(F)c(F)cc21. The van der Waals surface area contributed by atoms with Gasteiger partial charge in [0.2, 0.25) is 5.91 Å². The van der Waals surface area contributed by atoms with Crippen LogP contribution in [0.2, 0.25) is 0 Å². The van der Waals surface area contributed by atoms with E-state index in [0.717, 1.165) is 17.8 Å². The van der Waals surface area contributed by atoms with Gasteiger partial charge in [-0.3, -0.25) is 4.79 Å². The molecule has 0 saturated heterocycles. The summed E-state index contributed by atoms with van der Waals surface area (Å²) in [7, 11) is 0. The minimum atomic E-state index is -0.983. The van der Waals surface area contributed by atoms with Crippen molar-refractivity contribution in [2.24, 2.45) is 5.92 Å². The number of fused-ring (bicyclic) bond motifs is 1. The molecule has 2 aromatic carbocycles. The summed E-state index contributed by atoms with van der Waals surface area (Å²) in [5.74, 6) is -2.01. The van der Waals surface area contributed by atoms with Gasteiger partial charge >= 0.3 is 0 Å². The number of imidazole rings is 1. The van der Waals surface area contributed by atoms with Crippen LogP contribution in [0.4, 0.5) is 14.6 Å². The normalized spacial score (nSPS) is 12.4. The predicted octanol–water partition coefficient (Wildman–Crippen LogP) is 4.34. The van der Waals surface area contributed by atoms with Crippen LogP contribution in [0.5, 0.6) is 0 Å². The third-order valence-electron chi connectivity index (χ3n) is 4.68. The van der Waals surface area contributed by atoms with Gasteiger partial charge in [-0.15, -0.1) is 0 Å². The first-order chi connectivity index (χ1) is 13.9. The number of halogens is 2. The van der Waals surface area contributed by atoms with Crippen molar-refractivity contribution in [1.29, 1.82) is 0 Å². The number of hydrogen-bond acceptors (Lipinski definition) is 3. The number of carbonyl (C=O) groups excluding carboxylic acids is 1. The molecule has 2 heterocycles. The van der Waals surface area contributed by atoms with Crippen LogP contribution in [0.1, 0.15) is 19.9 Å². The van der Waals surface area contributed by atoms with E-state index in [1.54, 1.807) is 21.5 Å². The highest BCUT2D eigenvalue weighted by Crippen LogP contribution is 2.26. The molecule has 1 unspecified atom stereocenters.